The third-order valence-electron chi connectivity index (χ3n) is 3.25. The van der Waals surface area contributed by atoms with Gasteiger partial charge in [-0.1, -0.05) is 35.0 Å². The van der Waals surface area contributed by atoms with Gasteiger partial charge in [0.1, 0.15) is 0 Å². The van der Waals surface area contributed by atoms with Crippen molar-refractivity contribution in [2.75, 3.05) is 0 Å². The largest absolute Gasteiger partial charge is 0.441 e. The zero-order valence-corrected chi connectivity index (χ0v) is 13.8. The van der Waals surface area contributed by atoms with Crippen molar-refractivity contribution in [2.24, 2.45) is 0 Å². The molecular weight excluding hydrogens is 332 g/mol. The Balaban J connectivity index is 1.93. The van der Waals surface area contributed by atoms with E-state index in [1.807, 2.05) is 38.1 Å². The van der Waals surface area contributed by atoms with Gasteiger partial charge >= 0.3 is 0 Å². The highest BCUT2D eigenvalue weighted by molar-refractivity contribution is 9.10. The summed E-state index contributed by atoms with van der Waals surface area (Å²) in [5.74, 6) is 1.34. The van der Waals surface area contributed by atoms with Crippen molar-refractivity contribution in [2.45, 2.75) is 39.2 Å². The van der Waals surface area contributed by atoms with Gasteiger partial charge in [-0.25, -0.2) is 4.98 Å². The van der Waals surface area contributed by atoms with Crippen LogP contribution in [-0.4, -0.2) is 16.9 Å². The summed E-state index contributed by atoms with van der Waals surface area (Å²) in [4.78, 5) is 16.0. The second kappa shape index (κ2) is 7.41. The van der Waals surface area contributed by atoms with Gasteiger partial charge in [0, 0.05) is 28.9 Å². The Hall–Kier alpha value is -1.62. The molecule has 1 heterocycles. The molecule has 0 aliphatic rings. The van der Waals surface area contributed by atoms with Gasteiger partial charge in [0.15, 0.2) is 11.7 Å². The number of rotatable bonds is 6. The molecule has 0 radical (unpaired) electrons. The maximum absolute atomic E-state index is 11.7. The molecule has 2 rings (SSSR count). The Morgan fingerprint density at radius 1 is 1.48 bits per heavy atom. The molecular formula is C16H19BrN2O2. The average molecular weight is 351 g/mol. The number of halogens is 1. The van der Waals surface area contributed by atoms with Crippen LogP contribution in [0.3, 0.4) is 0 Å². The summed E-state index contributed by atoms with van der Waals surface area (Å²) in [6.45, 7) is 4.04. The number of carbonyl (C=O) groups excluding carboxylic acids is 1. The lowest BCUT2D eigenvalue weighted by Gasteiger charge is -2.10. The predicted octanol–water partition coefficient (Wildman–Crippen LogP) is 3.95. The highest BCUT2D eigenvalue weighted by Crippen LogP contribution is 2.23. The number of hydrogen-bond acceptors (Lipinski definition) is 3. The van der Waals surface area contributed by atoms with Gasteiger partial charge in [-0.05, 0) is 25.5 Å². The number of hydrogen-bond donors (Lipinski definition) is 1. The minimum atomic E-state index is 0.0338. The lowest BCUT2D eigenvalue weighted by atomic mass is 10.2. The third kappa shape index (κ3) is 4.70. The molecule has 1 unspecified atom stereocenters. The van der Waals surface area contributed by atoms with Gasteiger partial charge in [0.2, 0.25) is 5.91 Å². The third-order valence-corrected chi connectivity index (χ3v) is 3.74. The lowest BCUT2D eigenvalue weighted by molar-refractivity contribution is -0.121. The first-order valence-corrected chi connectivity index (χ1v) is 7.87. The lowest BCUT2D eigenvalue weighted by Crippen LogP contribution is -2.32. The van der Waals surface area contributed by atoms with Crippen molar-refractivity contribution in [3.05, 3.63) is 40.8 Å². The van der Waals surface area contributed by atoms with E-state index in [9.17, 15) is 4.79 Å². The van der Waals surface area contributed by atoms with Crippen molar-refractivity contribution in [3.63, 3.8) is 0 Å². The maximum Gasteiger partial charge on any atom is 0.220 e. The standard InChI is InChI=1S/C16H19BrN2O2/c1-3-11(2)19-15(20)7-8-16-18-10-14(21-16)12-5-4-6-13(17)9-12/h4-6,9-11H,3,7-8H2,1-2H3,(H,19,20). The molecule has 1 aromatic carbocycles. The molecule has 1 amide bonds. The quantitative estimate of drug-likeness (QED) is 0.857. The molecule has 1 N–H and O–H groups in total. The fourth-order valence-corrected chi connectivity index (χ4v) is 2.27. The summed E-state index contributed by atoms with van der Waals surface area (Å²) < 4.78 is 6.69. The van der Waals surface area contributed by atoms with Crippen molar-refractivity contribution in [1.82, 2.24) is 10.3 Å². The molecule has 0 fully saturated rings. The minimum Gasteiger partial charge on any atom is -0.441 e. The molecule has 4 nitrogen and oxygen atoms in total. The number of benzene rings is 1. The molecule has 2 aromatic rings. The summed E-state index contributed by atoms with van der Waals surface area (Å²) in [5, 5.41) is 2.93. The van der Waals surface area contributed by atoms with Crippen LogP contribution in [-0.2, 0) is 11.2 Å². The topological polar surface area (TPSA) is 55.1 Å². The molecule has 21 heavy (non-hydrogen) atoms. The van der Waals surface area contributed by atoms with E-state index in [-0.39, 0.29) is 11.9 Å². The van der Waals surface area contributed by atoms with Crippen molar-refractivity contribution in [1.29, 1.82) is 0 Å². The van der Waals surface area contributed by atoms with E-state index >= 15 is 0 Å². The highest BCUT2D eigenvalue weighted by Gasteiger charge is 2.10. The summed E-state index contributed by atoms with van der Waals surface area (Å²) in [6.07, 6.45) is 3.53. The van der Waals surface area contributed by atoms with Crippen LogP contribution in [0.1, 0.15) is 32.6 Å². The molecule has 0 bridgehead atoms. The fourth-order valence-electron chi connectivity index (χ4n) is 1.87. The van der Waals surface area contributed by atoms with Gasteiger partial charge in [0.25, 0.3) is 0 Å². The molecule has 0 saturated heterocycles. The smallest absolute Gasteiger partial charge is 0.220 e. The normalized spacial score (nSPS) is 12.1. The molecule has 0 aliphatic heterocycles. The molecule has 0 saturated carbocycles. The van der Waals surface area contributed by atoms with E-state index in [4.69, 9.17) is 4.42 Å². The molecule has 0 spiro atoms. The summed E-state index contributed by atoms with van der Waals surface area (Å²) in [5.41, 5.74) is 0.965. The summed E-state index contributed by atoms with van der Waals surface area (Å²) in [7, 11) is 0. The predicted molar refractivity (Wildman–Crippen MR) is 85.9 cm³/mol. The summed E-state index contributed by atoms with van der Waals surface area (Å²) in [6, 6.07) is 8.05. The number of nitrogens with zero attached hydrogens (tertiary/aromatic N) is 1. The number of carbonyl (C=O) groups is 1. The van der Waals surface area contributed by atoms with Gasteiger partial charge in [-0.15, -0.1) is 0 Å². The number of amides is 1. The van der Waals surface area contributed by atoms with E-state index in [2.05, 4.69) is 26.2 Å². The first kappa shape index (κ1) is 15.8. The van der Waals surface area contributed by atoms with Crippen LogP contribution in [0.15, 0.2) is 39.4 Å². The number of nitrogens with one attached hydrogen (secondary N) is 1. The van der Waals surface area contributed by atoms with E-state index in [1.165, 1.54) is 0 Å². The van der Waals surface area contributed by atoms with Crippen molar-refractivity contribution in [3.8, 4) is 11.3 Å². The van der Waals surface area contributed by atoms with Gasteiger partial charge < -0.3 is 9.73 Å². The van der Waals surface area contributed by atoms with Crippen LogP contribution >= 0.6 is 15.9 Å². The second-order valence-corrected chi connectivity index (χ2v) is 5.92. The van der Waals surface area contributed by atoms with Crippen LogP contribution < -0.4 is 5.32 Å². The Bertz CT molecular complexity index is 610. The number of aryl methyl sites for hydroxylation is 1. The van der Waals surface area contributed by atoms with E-state index < -0.39 is 0 Å². The maximum atomic E-state index is 11.7. The fraction of sp³-hybridized carbons (Fsp3) is 0.375. The molecule has 0 aliphatic carbocycles. The van der Waals surface area contributed by atoms with Gasteiger partial charge in [0.05, 0.1) is 6.20 Å². The Morgan fingerprint density at radius 3 is 3.00 bits per heavy atom. The Morgan fingerprint density at radius 2 is 2.29 bits per heavy atom. The first-order valence-electron chi connectivity index (χ1n) is 7.08. The van der Waals surface area contributed by atoms with E-state index in [0.29, 0.717) is 24.5 Å². The second-order valence-electron chi connectivity index (χ2n) is 5.01. The number of oxazole rings is 1. The van der Waals surface area contributed by atoms with Crippen LogP contribution in [0.4, 0.5) is 0 Å². The monoisotopic (exact) mass is 350 g/mol. The van der Waals surface area contributed by atoms with Crippen LogP contribution in [0, 0.1) is 0 Å². The zero-order valence-electron chi connectivity index (χ0n) is 12.2. The summed E-state index contributed by atoms with van der Waals surface area (Å²) >= 11 is 3.43. The molecule has 112 valence electrons. The Labute approximate surface area is 133 Å². The van der Waals surface area contributed by atoms with Crippen molar-refractivity contribution >= 4 is 21.8 Å². The average Bonchev–Trinajstić information content (AvgIpc) is 2.94. The van der Waals surface area contributed by atoms with Gasteiger partial charge in [-0.2, -0.15) is 0 Å². The zero-order chi connectivity index (χ0) is 15.2. The first-order chi connectivity index (χ1) is 10.1. The number of aromatic nitrogens is 1. The van der Waals surface area contributed by atoms with Crippen molar-refractivity contribution < 1.29 is 9.21 Å². The molecule has 5 heteroatoms. The van der Waals surface area contributed by atoms with Crippen LogP contribution in [0.2, 0.25) is 0 Å². The van der Waals surface area contributed by atoms with E-state index in [1.54, 1.807) is 6.20 Å². The van der Waals surface area contributed by atoms with E-state index in [0.717, 1.165) is 16.5 Å². The minimum absolute atomic E-state index is 0.0338. The van der Waals surface area contributed by atoms with Gasteiger partial charge in [-0.3, -0.25) is 4.79 Å². The van der Waals surface area contributed by atoms with Crippen LogP contribution in [0.5, 0.6) is 0 Å². The highest BCUT2D eigenvalue weighted by atomic mass is 79.9. The molecule has 1 atom stereocenters. The van der Waals surface area contributed by atoms with Crippen LogP contribution in [0.25, 0.3) is 11.3 Å². The SMILES string of the molecule is CCC(C)NC(=O)CCc1ncc(-c2cccc(Br)c2)o1. The molecule has 1 aromatic heterocycles. The Kier molecular flexibility index (Phi) is 5.56.